The Morgan fingerprint density at radius 1 is 1.29 bits per heavy atom. The fourth-order valence-corrected chi connectivity index (χ4v) is 3.22. The van der Waals surface area contributed by atoms with Gasteiger partial charge in [-0.15, -0.1) is 0 Å². The number of benzene rings is 2. The maximum atomic E-state index is 5.94. The summed E-state index contributed by atoms with van der Waals surface area (Å²) in [5.41, 5.74) is 7.11. The van der Waals surface area contributed by atoms with Gasteiger partial charge in [0.2, 0.25) is 0 Å². The van der Waals surface area contributed by atoms with Gasteiger partial charge in [0.1, 0.15) is 5.75 Å². The van der Waals surface area contributed by atoms with Gasteiger partial charge in [-0.2, -0.15) is 0 Å². The molecule has 1 aliphatic heterocycles. The highest BCUT2D eigenvalue weighted by molar-refractivity contribution is 5.88. The van der Waals surface area contributed by atoms with E-state index >= 15 is 0 Å². The van der Waals surface area contributed by atoms with Crippen LogP contribution in [0, 0.1) is 0 Å². The number of nitrogens with two attached hydrogens (primary N) is 1. The van der Waals surface area contributed by atoms with E-state index in [-0.39, 0.29) is 12.1 Å². The molecule has 0 aromatic heterocycles. The number of methoxy groups -OCH3 is 1. The summed E-state index contributed by atoms with van der Waals surface area (Å²) in [6.45, 7) is 2.12. The Kier molecular flexibility index (Phi) is 4.10. The Bertz CT molecular complexity index is 629. The van der Waals surface area contributed by atoms with Crippen molar-refractivity contribution in [3.63, 3.8) is 0 Å². The second kappa shape index (κ2) is 6.02. The number of hydrogen-bond acceptors (Lipinski definition) is 4. The summed E-state index contributed by atoms with van der Waals surface area (Å²) < 4.78 is 11.5. The number of nitrogens with zero attached hydrogens (tertiary/aromatic N) is 1. The van der Waals surface area contributed by atoms with Crippen LogP contribution in [0.4, 0.5) is 0 Å². The third-order valence-electron chi connectivity index (χ3n) is 4.28. The topological polar surface area (TPSA) is 47.7 Å². The van der Waals surface area contributed by atoms with Gasteiger partial charge in [0.25, 0.3) is 0 Å². The lowest BCUT2D eigenvalue weighted by molar-refractivity contribution is -0.0577. The van der Waals surface area contributed by atoms with E-state index in [1.165, 1.54) is 16.3 Å². The van der Waals surface area contributed by atoms with Crippen LogP contribution in [0.2, 0.25) is 0 Å². The molecule has 21 heavy (non-hydrogen) atoms. The summed E-state index contributed by atoms with van der Waals surface area (Å²) in [5, 5.41) is 2.42. The van der Waals surface area contributed by atoms with E-state index in [4.69, 9.17) is 15.2 Å². The Morgan fingerprint density at radius 2 is 2.10 bits per heavy atom. The van der Waals surface area contributed by atoms with Crippen LogP contribution in [0.3, 0.4) is 0 Å². The summed E-state index contributed by atoms with van der Waals surface area (Å²) in [6, 6.07) is 12.6. The zero-order chi connectivity index (χ0) is 14.8. The quantitative estimate of drug-likeness (QED) is 0.939. The minimum atomic E-state index is -0.0107. The number of likely N-dealkylation sites (N-methyl/N-ethyl adjacent to an activating group) is 1. The fraction of sp³-hybridized carbons (Fsp3) is 0.412. The van der Waals surface area contributed by atoms with Crippen molar-refractivity contribution >= 4 is 10.8 Å². The molecule has 3 rings (SSSR count). The second-order valence-electron chi connectivity index (χ2n) is 5.47. The molecule has 0 amide bonds. The van der Waals surface area contributed by atoms with E-state index in [2.05, 4.69) is 42.3 Å². The van der Waals surface area contributed by atoms with Crippen molar-refractivity contribution in [1.82, 2.24) is 4.90 Å². The molecule has 0 radical (unpaired) electrons. The van der Waals surface area contributed by atoms with Crippen LogP contribution in [0.1, 0.15) is 11.6 Å². The van der Waals surface area contributed by atoms with E-state index in [9.17, 15) is 0 Å². The van der Waals surface area contributed by atoms with Crippen LogP contribution in [0.5, 0.6) is 5.75 Å². The van der Waals surface area contributed by atoms with Gasteiger partial charge >= 0.3 is 0 Å². The monoisotopic (exact) mass is 286 g/mol. The molecule has 0 spiro atoms. The average molecular weight is 286 g/mol. The lowest BCUT2D eigenvalue weighted by Gasteiger charge is -2.39. The van der Waals surface area contributed by atoms with Crippen LogP contribution < -0.4 is 10.5 Å². The Balaban J connectivity index is 2.20. The van der Waals surface area contributed by atoms with Crippen molar-refractivity contribution in [2.45, 2.75) is 12.1 Å². The molecule has 2 aromatic carbocycles. The standard InChI is InChI=1S/C17H22N2O2/c1-19-9-10-21-15(11-18)17(19)16-13-6-4-3-5-12(13)7-8-14(16)20-2/h3-8,15,17H,9-11,18H2,1-2H3. The van der Waals surface area contributed by atoms with Crippen molar-refractivity contribution in [3.05, 3.63) is 42.0 Å². The lowest BCUT2D eigenvalue weighted by atomic mass is 9.92. The largest absolute Gasteiger partial charge is 0.496 e. The van der Waals surface area contributed by atoms with Crippen molar-refractivity contribution in [3.8, 4) is 5.75 Å². The first kappa shape index (κ1) is 14.3. The molecule has 1 heterocycles. The molecule has 4 nitrogen and oxygen atoms in total. The lowest BCUT2D eigenvalue weighted by Crippen LogP contribution is -2.46. The van der Waals surface area contributed by atoms with Gasteiger partial charge < -0.3 is 15.2 Å². The Morgan fingerprint density at radius 3 is 2.86 bits per heavy atom. The van der Waals surface area contributed by atoms with Crippen LogP contribution >= 0.6 is 0 Å². The van der Waals surface area contributed by atoms with Gasteiger partial charge in [0.05, 0.1) is 25.9 Å². The minimum Gasteiger partial charge on any atom is -0.496 e. The first-order valence-electron chi connectivity index (χ1n) is 7.33. The van der Waals surface area contributed by atoms with E-state index in [1.54, 1.807) is 7.11 Å². The number of hydrogen-bond donors (Lipinski definition) is 1. The van der Waals surface area contributed by atoms with Crippen molar-refractivity contribution in [2.75, 3.05) is 33.9 Å². The zero-order valence-corrected chi connectivity index (χ0v) is 12.6. The summed E-state index contributed by atoms with van der Waals surface area (Å²) >= 11 is 0. The summed E-state index contributed by atoms with van der Waals surface area (Å²) in [6.07, 6.45) is -0.0107. The molecule has 2 N–H and O–H groups in total. The van der Waals surface area contributed by atoms with Crippen LogP contribution in [0.15, 0.2) is 36.4 Å². The molecule has 2 unspecified atom stereocenters. The molecule has 2 atom stereocenters. The number of morpholine rings is 1. The molecule has 0 aliphatic carbocycles. The van der Waals surface area contributed by atoms with Crippen LogP contribution in [-0.4, -0.2) is 44.9 Å². The van der Waals surface area contributed by atoms with Crippen LogP contribution in [-0.2, 0) is 4.74 Å². The number of fused-ring (bicyclic) bond motifs is 1. The molecular weight excluding hydrogens is 264 g/mol. The second-order valence-corrected chi connectivity index (χ2v) is 5.47. The molecular formula is C17H22N2O2. The van der Waals surface area contributed by atoms with Gasteiger partial charge in [0, 0.05) is 18.7 Å². The highest BCUT2D eigenvalue weighted by Gasteiger charge is 2.33. The summed E-state index contributed by atoms with van der Waals surface area (Å²) in [4.78, 5) is 2.31. The SMILES string of the molecule is COc1ccc2ccccc2c1C1C(CN)OCCN1C. The van der Waals surface area contributed by atoms with Gasteiger partial charge in [-0.1, -0.05) is 30.3 Å². The highest BCUT2D eigenvalue weighted by Crippen LogP contribution is 2.39. The van der Waals surface area contributed by atoms with Gasteiger partial charge in [-0.3, -0.25) is 4.90 Å². The predicted octanol–water partition coefficient (Wildman–Crippen LogP) is 2.18. The maximum Gasteiger partial charge on any atom is 0.124 e. The highest BCUT2D eigenvalue weighted by atomic mass is 16.5. The molecule has 112 valence electrons. The number of rotatable bonds is 3. The maximum absolute atomic E-state index is 5.94. The normalized spacial score (nSPS) is 23.4. The van der Waals surface area contributed by atoms with Gasteiger partial charge in [0.15, 0.2) is 0 Å². The summed E-state index contributed by atoms with van der Waals surface area (Å²) in [7, 11) is 3.84. The molecule has 1 saturated heterocycles. The van der Waals surface area contributed by atoms with Crippen molar-refractivity contribution < 1.29 is 9.47 Å². The minimum absolute atomic E-state index is 0.0107. The van der Waals surface area contributed by atoms with Gasteiger partial charge in [-0.05, 0) is 23.9 Å². The van der Waals surface area contributed by atoms with E-state index < -0.39 is 0 Å². The first-order valence-corrected chi connectivity index (χ1v) is 7.33. The smallest absolute Gasteiger partial charge is 0.124 e. The molecule has 0 bridgehead atoms. The third-order valence-corrected chi connectivity index (χ3v) is 4.28. The van der Waals surface area contributed by atoms with E-state index in [0.29, 0.717) is 6.54 Å². The van der Waals surface area contributed by atoms with Gasteiger partial charge in [-0.25, -0.2) is 0 Å². The van der Waals surface area contributed by atoms with E-state index in [1.807, 2.05) is 6.07 Å². The Labute approximate surface area is 125 Å². The van der Waals surface area contributed by atoms with Crippen LogP contribution in [0.25, 0.3) is 10.8 Å². The molecule has 1 aliphatic rings. The zero-order valence-electron chi connectivity index (χ0n) is 12.6. The first-order chi connectivity index (χ1) is 10.3. The fourth-order valence-electron chi connectivity index (χ4n) is 3.22. The molecule has 1 fully saturated rings. The van der Waals surface area contributed by atoms with E-state index in [0.717, 1.165) is 18.9 Å². The Hall–Kier alpha value is -1.62. The number of ether oxygens (including phenoxy) is 2. The summed E-state index contributed by atoms with van der Waals surface area (Å²) in [5.74, 6) is 0.898. The van der Waals surface area contributed by atoms with Crippen molar-refractivity contribution in [2.24, 2.45) is 5.73 Å². The molecule has 2 aromatic rings. The molecule has 4 heteroatoms. The third kappa shape index (κ3) is 2.50. The average Bonchev–Trinajstić information content (AvgIpc) is 2.53. The molecule has 0 saturated carbocycles. The van der Waals surface area contributed by atoms with Crippen molar-refractivity contribution in [1.29, 1.82) is 0 Å². The predicted molar refractivity (Wildman–Crippen MR) is 84.7 cm³/mol.